The molecule has 0 spiro atoms. The fourth-order valence-corrected chi connectivity index (χ4v) is 1.93. The molecule has 2 aromatic rings. The van der Waals surface area contributed by atoms with Crippen LogP contribution < -0.4 is 10.1 Å². The number of halogens is 1. The molecule has 4 heteroatoms. The summed E-state index contributed by atoms with van der Waals surface area (Å²) >= 11 is 0. The van der Waals surface area contributed by atoms with E-state index < -0.39 is 0 Å². The smallest absolute Gasteiger partial charge is 0.168 e. The van der Waals surface area contributed by atoms with E-state index in [2.05, 4.69) is 5.32 Å². The minimum atomic E-state index is -0.313. The van der Waals surface area contributed by atoms with Crippen LogP contribution in [0.5, 0.6) is 5.75 Å². The zero-order valence-corrected chi connectivity index (χ0v) is 10.4. The van der Waals surface area contributed by atoms with Gasteiger partial charge >= 0.3 is 0 Å². The van der Waals surface area contributed by atoms with Gasteiger partial charge < -0.3 is 14.5 Å². The van der Waals surface area contributed by atoms with Crippen LogP contribution in [0, 0.1) is 5.82 Å². The fourth-order valence-electron chi connectivity index (χ4n) is 1.93. The minimum absolute atomic E-state index is 0.0541. The monoisotopic (exact) mass is 249 g/mol. The molecule has 0 saturated carbocycles. The summed E-state index contributed by atoms with van der Waals surface area (Å²) in [5.41, 5.74) is 0.602. The number of likely N-dealkylation sites (N-methyl/N-ethyl adjacent to an activating group) is 1. The second kappa shape index (κ2) is 5.69. The first-order chi connectivity index (χ1) is 8.76. The number of hydrogen-bond acceptors (Lipinski definition) is 3. The van der Waals surface area contributed by atoms with Crippen LogP contribution in [0.1, 0.15) is 17.4 Å². The first kappa shape index (κ1) is 12.6. The third-order valence-corrected chi connectivity index (χ3v) is 2.92. The predicted molar refractivity (Wildman–Crippen MR) is 67.2 cm³/mol. The highest BCUT2D eigenvalue weighted by Gasteiger charge is 2.16. The molecule has 2 rings (SSSR count). The van der Waals surface area contributed by atoms with E-state index in [9.17, 15) is 4.39 Å². The van der Waals surface area contributed by atoms with E-state index in [4.69, 9.17) is 9.15 Å². The molecule has 0 aliphatic heterocycles. The van der Waals surface area contributed by atoms with Crippen molar-refractivity contribution < 1.29 is 13.5 Å². The Bertz CT molecular complexity index is 497. The van der Waals surface area contributed by atoms with E-state index in [0.717, 1.165) is 5.76 Å². The number of furan rings is 1. The molecule has 1 aromatic carbocycles. The zero-order valence-electron chi connectivity index (χ0n) is 10.4. The van der Waals surface area contributed by atoms with Crippen molar-refractivity contribution in [1.82, 2.24) is 5.32 Å². The first-order valence-electron chi connectivity index (χ1n) is 5.78. The highest BCUT2D eigenvalue weighted by molar-refractivity contribution is 5.32. The van der Waals surface area contributed by atoms with Crippen molar-refractivity contribution in [3.05, 3.63) is 53.7 Å². The number of hydrogen-bond donors (Lipinski definition) is 1. The van der Waals surface area contributed by atoms with Gasteiger partial charge in [0.05, 0.1) is 19.4 Å². The highest BCUT2D eigenvalue weighted by atomic mass is 19.1. The van der Waals surface area contributed by atoms with Crippen LogP contribution in [0.3, 0.4) is 0 Å². The fraction of sp³-hybridized carbons (Fsp3) is 0.286. The maximum atomic E-state index is 14.0. The van der Waals surface area contributed by atoms with E-state index in [1.165, 1.54) is 7.11 Å². The van der Waals surface area contributed by atoms with Crippen molar-refractivity contribution in [3.63, 3.8) is 0 Å². The Morgan fingerprint density at radius 1 is 1.33 bits per heavy atom. The number of nitrogens with one attached hydrogen (secondary N) is 1. The largest absolute Gasteiger partial charge is 0.494 e. The van der Waals surface area contributed by atoms with Gasteiger partial charge in [-0.15, -0.1) is 0 Å². The quantitative estimate of drug-likeness (QED) is 0.884. The van der Waals surface area contributed by atoms with Crippen molar-refractivity contribution in [2.75, 3.05) is 14.2 Å². The predicted octanol–water partition coefficient (Wildman–Crippen LogP) is 2.93. The summed E-state index contributed by atoms with van der Waals surface area (Å²) in [6.07, 6.45) is 2.12. The molecule has 3 nitrogen and oxygen atoms in total. The third kappa shape index (κ3) is 2.54. The average molecular weight is 249 g/mol. The number of ether oxygens (including phenoxy) is 1. The van der Waals surface area contributed by atoms with Gasteiger partial charge in [-0.3, -0.25) is 0 Å². The molecule has 0 radical (unpaired) electrons. The maximum absolute atomic E-state index is 14.0. The van der Waals surface area contributed by atoms with E-state index in [-0.39, 0.29) is 17.6 Å². The second-order valence-electron chi connectivity index (χ2n) is 3.99. The second-order valence-corrected chi connectivity index (χ2v) is 3.99. The van der Waals surface area contributed by atoms with Crippen molar-refractivity contribution in [2.24, 2.45) is 0 Å². The summed E-state index contributed by atoms with van der Waals surface area (Å²) in [5, 5.41) is 3.12. The highest BCUT2D eigenvalue weighted by Crippen LogP contribution is 2.25. The van der Waals surface area contributed by atoms with E-state index >= 15 is 0 Å². The molecule has 0 saturated heterocycles. The summed E-state index contributed by atoms with van der Waals surface area (Å²) in [6.45, 7) is 0. The molecular formula is C14H16FNO2. The lowest BCUT2D eigenvalue weighted by Gasteiger charge is -2.15. The number of benzene rings is 1. The Hall–Kier alpha value is -1.81. The van der Waals surface area contributed by atoms with Crippen LogP contribution in [-0.2, 0) is 6.42 Å². The lowest BCUT2D eigenvalue weighted by Crippen LogP contribution is -2.18. The van der Waals surface area contributed by atoms with Crippen molar-refractivity contribution >= 4 is 0 Å². The molecule has 0 fully saturated rings. The Balaban J connectivity index is 2.22. The van der Waals surface area contributed by atoms with Gasteiger partial charge in [0.15, 0.2) is 11.6 Å². The van der Waals surface area contributed by atoms with Gasteiger partial charge in [0.1, 0.15) is 5.76 Å². The molecule has 1 N–H and O–H groups in total. The zero-order chi connectivity index (χ0) is 13.0. The molecule has 0 bridgehead atoms. The molecule has 1 atom stereocenters. The average Bonchev–Trinajstić information content (AvgIpc) is 2.91. The van der Waals surface area contributed by atoms with Gasteiger partial charge in [-0.05, 0) is 37.2 Å². The van der Waals surface area contributed by atoms with Crippen LogP contribution in [-0.4, -0.2) is 14.2 Å². The molecule has 0 aliphatic rings. The summed E-state index contributed by atoms with van der Waals surface area (Å²) in [6, 6.07) is 8.79. The van der Waals surface area contributed by atoms with Gasteiger partial charge in [-0.25, -0.2) is 4.39 Å². The van der Waals surface area contributed by atoms with Crippen LogP contribution in [0.15, 0.2) is 41.0 Å². The van der Waals surface area contributed by atoms with Gasteiger partial charge in [-0.2, -0.15) is 0 Å². The summed E-state index contributed by atoms with van der Waals surface area (Å²) in [4.78, 5) is 0. The normalized spacial score (nSPS) is 12.4. The van der Waals surface area contributed by atoms with Crippen molar-refractivity contribution in [1.29, 1.82) is 0 Å². The van der Waals surface area contributed by atoms with Gasteiger partial charge in [-0.1, -0.05) is 12.1 Å². The van der Waals surface area contributed by atoms with Crippen LogP contribution in [0.2, 0.25) is 0 Å². The molecule has 1 unspecified atom stereocenters. The standard InChI is InChI=1S/C14H16FNO2/c1-16-11(12-7-4-8-18-12)9-10-5-3-6-13(17-2)14(10)15/h3-8,11,16H,9H2,1-2H3. The summed E-state index contributed by atoms with van der Waals surface area (Å²) in [7, 11) is 3.29. The Morgan fingerprint density at radius 3 is 2.78 bits per heavy atom. The lowest BCUT2D eigenvalue weighted by molar-refractivity contribution is 0.380. The van der Waals surface area contributed by atoms with Gasteiger partial charge in [0, 0.05) is 0 Å². The number of methoxy groups -OCH3 is 1. The topological polar surface area (TPSA) is 34.4 Å². The Kier molecular flexibility index (Phi) is 3.99. The summed E-state index contributed by atoms with van der Waals surface area (Å²) in [5.74, 6) is 0.744. The Labute approximate surface area is 106 Å². The molecule has 1 heterocycles. The van der Waals surface area contributed by atoms with Gasteiger partial charge in [0.25, 0.3) is 0 Å². The molecule has 18 heavy (non-hydrogen) atoms. The van der Waals surface area contributed by atoms with Crippen molar-refractivity contribution in [3.8, 4) is 5.75 Å². The number of rotatable bonds is 5. The molecule has 1 aromatic heterocycles. The van der Waals surface area contributed by atoms with Gasteiger partial charge in [0.2, 0.25) is 0 Å². The minimum Gasteiger partial charge on any atom is -0.494 e. The first-order valence-corrected chi connectivity index (χ1v) is 5.78. The summed E-state index contributed by atoms with van der Waals surface area (Å²) < 4.78 is 24.3. The van der Waals surface area contributed by atoms with E-state index in [1.54, 1.807) is 24.5 Å². The SMILES string of the molecule is CNC(Cc1cccc(OC)c1F)c1ccco1. The maximum Gasteiger partial charge on any atom is 0.168 e. The van der Waals surface area contributed by atoms with Crippen LogP contribution in [0.4, 0.5) is 4.39 Å². The molecule has 0 amide bonds. The van der Waals surface area contributed by atoms with E-state index in [0.29, 0.717) is 12.0 Å². The third-order valence-electron chi connectivity index (χ3n) is 2.92. The molecule has 0 aliphatic carbocycles. The van der Waals surface area contributed by atoms with Crippen molar-refractivity contribution in [2.45, 2.75) is 12.5 Å². The van der Waals surface area contributed by atoms with E-state index in [1.807, 2.05) is 19.2 Å². The Morgan fingerprint density at radius 2 is 2.17 bits per heavy atom. The molecular weight excluding hydrogens is 233 g/mol. The molecule has 96 valence electrons. The van der Waals surface area contributed by atoms with Crippen LogP contribution in [0.25, 0.3) is 0 Å². The van der Waals surface area contributed by atoms with Crippen LogP contribution >= 0.6 is 0 Å². The lowest BCUT2D eigenvalue weighted by atomic mass is 10.0.